The summed E-state index contributed by atoms with van der Waals surface area (Å²) in [6.45, 7) is 4.60. The van der Waals surface area contributed by atoms with Crippen molar-refractivity contribution in [1.29, 1.82) is 0 Å². The first-order chi connectivity index (χ1) is 12.1. The third-order valence-electron chi connectivity index (χ3n) is 3.56. The van der Waals surface area contributed by atoms with E-state index in [0.29, 0.717) is 10.2 Å². The summed E-state index contributed by atoms with van der Waals surface area (Å²) in [6.07, 6.45) is -1.40. The minimum atomic E-state index is -4.57. The van der Waals surface area contributed by atoms with Crippen LogP contribution in [-0.4, -0.2) is 29.8 Å². The third-order valence-corrected chi connectivity index (χ3v) is 4.82. The first-order valence-corrected chi connectivity index (χ1v) is 8.74. The SMILES string of the molecule is CCN(C)C=Nc1cnc(Oc2ccc(Cl)c(C(F)(F)F)c2)c(Br)c1C. The lowest BCUT2D eigenvalue weighted by Gasteiger charge is -2.13. The summed E-state index contributed by atoms with van der Waals surface area (Å²) in [4.78, 5) is 10.4. The largest absolute Gasteiger partial charge is 0.438 e. The number of pyridine rings is 1. The second kappa shape index (κ2) is 8.26. The number of rotatable bonds is 5. The van der Waals surface area contributed by atoms with Crippen molar-refractivity contribution in [2.45, 2.75) is 20.0 Å². The maximum Gasteiger partial charge on any atom is 0.417 e. The summed E-state index contributed by atoms with van der Waals surface area (Å²) in [5.41, 5.74) is 0.408. The summed E-state index contributed by atoms with van der Waals surface area (Å²) in [5, 5.41) is -0.391. The van der Waals surface area contributed by atoms with Crippen LogP contribution < -0.4 is 4.74 Å². The van der Waals surface area contributed by atoms with Gasteiger partial charge in [-0.2, -0.15) is 13.2 Å². The van der Waals surface area contributed by atoms with Crippen molar-refractivity contribution in [2.75, 3.05) is 13.6 Å². The molecule has 0 atom stereocenters. The molecule has 0 saturated carbocycles. The van der Waals surface area contributed by atoms with Gasteiger partial charge in [0.05, 0.1) is 33.3 Å². The first-order valence-electron chi connectivity index (χ1n) is 7.57. The molecule has 0 aliphatic carbocycles. The summed E-state index contributed by atoms with van der Waals surface area (Å²) in [7, 11) is 1.89. The molecule has 0 N–H and O–H groups in total. The van der Waals surface area contributed by atoms with Crippen molar-refractivity contribution in [3.8, 4) is 11.6 Å². The van der Waals surface area contributed by atoms with Gasteiger partial charge in [-0.15, -0.1) is 0 Å². The van der Waals surface area contributed by atoms with Gasteiger partial charge in [0.2, 0.25) is 5.88 Å². The number of nitrogens with zero attached hydrogens (tertiary/aromatic N) is 3. The molecule has 1 aromatic heterocycles. The Kier molecular flexibility index (Phi) is 6.52. The molecular weight excluding hydrogens is 435 g/mol. The molecule has 0 radical (unpaired) electrons. The van der Waals surface area contributed by atoms with Gasteiger partial charge < -0.3 is 9.64 Å². The monoisotopic (exact) mass is 449 g/mol. The summed E-state index contributed by atoms with van der Waals surface area (Å²) >= 11 is 8.97. The van der Waals surface area contributed by atoms with E-state index in [1.807, 2.05) is 18.9 Å². The molecule has 2 rings (SSSR count). The number of benzene rings is 1. The standard InChI is InChI=1S/C17H16BrClF3N3O/c1-4-25(3)9-24-14-8-23-16(15(18)10(14)2)26-11-5-6-13(19)12(7-11)17(20,21)22/h5-9H,4H2,1-3H3. The quantitative estimate of drug-likeness (QED) is 0.400. The molecule has 9 heteroatoms. The maximum atomic E-state index is 13.0. The molecule has 26 heavy (non-hydrogen) atoms. The van der Waals surface area contributed by atoms with Crippen LogP contribution in [0.2, 0.25) is 5.02 Å². The smallest absolute Gasteiger partial charge is 0.417 e. The lowest BCUT2D eigenvalue weighted by Crippen LogP contribution is -2.14. The van der Waals surface area contributed by atoms with Crippen LogP contribution in [0.15, 0.2) is 33.9 Å². The van der Waals surface area contributed by atoms with Gasteiger partial charge in [0.1, 0.15) is 5.75 Å². The topological polar surface area (TPSA) is 37.7 Å². The van der Waals surface area contributed by atoms with Crippen molar-refractivity contribution in [1.82, 2.24) is 9.88 Å². The highest BCUT2D eigenvalue weighted by atomic mass is 79.9. The van der Waals surface area contributed by atoms with Gasteiger partial charge in [0, 0.05) is 13.6 Å². The highest BCUT2D eigenvalue weighted by Crippen LogP contribution is 2.39. The fourth-order valence-electron chi connectivity index (χ4n) is 1.89. The Balaban J connectivity index is 2.31. The lowest BCUT2D eigenvalue weighted by molar-refractivity contribution is -0.137. The number of ether oxygens (including phenoxy) is 1. The Hall–Kier alpha value is -1.80. The van der Waals surface area contributed by atoms with Gasteiger partial charge in [-0.25, -0.2) is 9.98 Å². The second-order valence-electron chi connectivity index (χ2n) is 5.45. The van der Waals surface area contributed by atoms with E-state index < -0.39 is 16.8 Å². The zero-order valence-corrected chi connectivity index (χ0v) is 16.6. The molecule has 0 unspecified atom stereocenters. The lowest BCUT2D eigenvalue weighted by atomic mass is 10.2. The predicted molar refractivity (Wildman–Crippen MR) is 99.7 cm³/mol. The average molecular weight is 451 g/mol. The zero-order chi connectivity index (χ0) is 19.5. The summed E-state index contributed by atoms with van der Waals surface area (Å²) < 4.78 is 44.9. The van der Waals surface area contributed by atoms with E-state index in [-0.39, 0.29) is 11.6 Å². The highest BCUT2D eigenvalue weighted by molar-refractivity contribution is 9.10. The van der Waals surface area contributed by atoms with Crippen LogP contribution in [0.5, 0.6) is 11.6 Å². The summed E-state index contributed by atoms with van der Waals surface area (Å²) in [5.74, 6) is 0.122. The van der Waals surface area contributed by atoms with Gasteiger partial charge in [-0.05, 0) is 53.5 Å². The molecule has 140 valence electrons. The van der Waals surface area contributed by atoms with E-state index in [1.165, 1.54) is 12.3 Å². The van der Waals surface area contributed by atoms with Gasteiger partial charge in [0.15, 0.2) is 0 Å². The van der Waals surface area contributed by atoms with E-state index in [4.69, 9.17) is 16.3 Å². The van der Waals surface area contributed by atoms with Crippen LogP contribution in [0.4, 0.5) is 18.9 Å². The number of aliphatic imine (C=N–C) groups is 1. The first kappa shape index (κ1) is 20.5. The van der Waals surface area contributed by atoms with Crippen molar-refractivity contribution in [3.05, 3.63) is 45.0 Å². The van der Waals surface area contributed by atoms with Crippen molar-refractivity contribution in [2.24, 2.45) is 4.99 Å². The Labute approximate surface area is 162 Å². The van der Waals surface area contributed by atoms with Crippen molar-refractivity contribution in [3.63, 3.8) is 0 Å². The minimum Gasteiger partial charge on any atom is -0.438 e. The normalized spacial score (nSPS) is 11.8. The van der Waals surface area contributed by atoms with E-state index in [1.54, 1.807) is 13.3 Å². The van der Waals surface area contributed by atoms with Gasteiger partial charge >= 0.3 is 6.18 Å². The van der Waals surface area contributed by atoms with Crippen LogP contribution in [0.25, 0.3) is 0 Å². The minimum absolute atomic E-state index is 0.0173. The van der Waals surface area contributed by atoms with Gasteiger partial charge in [0.25, 0.3) is 0 Å². The molecular formula is C17H16BrClF3N3O. The van der Waals surface area contributed by atoms with Gasteiger partial charge in [-0.1, -0.05) is 11.6 Å². The molecule has 0 saturated heterocycles. The number of halogens is 5. The molecule has 0 bridgehead atoms. The second-order valence-corrected chi connectivity index (χ2v) is 6.65. The predicted octanol–water partition coefficient (Wildman–Crippen LogP) is 6.23. The Morgan fingerprint density at radius 2 is 2.08 bits per heavy atom. The fourth-order valence-corrected chi connectivity index (χ4v) is 2.50. The molecule has 1 aromatic carbocycles. The van der Waals surface area contributed by atoms with E-state index in [9.17, 15) is 13.2 Å². The Morgan fingerprint density at radius 3 is 2.69 bits per heavy atom. The third kappa shape index (κ3) is 4.88. The number of hydrogen-bond donors (Lipinski definition) is 0. The fraction of sp³-hybridized carbons (Fsp3) is 0.294. The van der Waals surface area contributed by atoms with Crippen LogP contribution >= 0.6 is 27.5 Å². The van der Waals surface area contributed by atoms with Crippen molar-refractivity contribution < 1.29 is 17.9 Å². The maximum absolute atomic E-state index is 13.0. The molecule has 1 heterocycles. The number of hydrogen-bond acceptors (Lipinski definition) is 3. The zero-order valence-electron chi connectivity index (χ0n) is 14.2. The van der Waals surface area contributed by atoms with Crippen LogP contribution in [0.1, 0.15) is 18.1 Å². The van der Waals surface area contributed by atoms with E-state index >= 15 is 0 Å². The molecule has 0 aliphatic rings. The van der Waals surface area contributed by atoms with E-state index in [0.717, 1.165) is 24.2 Å². The van der Waals surface area contributed by atoms with Crippen LogP contribution in [0.3, 0.4) is 0 Å². The van der Waals surface area contributed by atoms with Crippen LogP contribution in [-0.2, 0) is 6.18 Å². The molecule has 0 fully saturated rings. The molecule has 2 aromatic rings. The summed E-state index contributed by atoms with van der Waals surface area (Å²) in [6, 6.07) is 3.33. The average Bonchev–Trinajstić information content (AvgIpc) is 2.58. The van der Waals surface area contributed by atoms with Gasteiger partial charge in [-0.3, -0.25) is 0 Å². The molecule has 0 aliphatic heterocycles. The number of aromatic nitrogens is 1. The van der Waals surface area contributed by atoms with Crippen molar-refractivity contribution >= 4 is 39.6 Å². The molecule has 4 nitrogen and oxygen atoms in total. The van der Waals surface area contributed by atoms with Crippen LogP contribution in [0, 0.1) is 6.92 Å². The number of alkyl halides is 3. The Bertz CT molecular complexity index is 828. The molecule has 0 spiro atoms. The highest BCUT2D eigenvalue weighted by Gasteiger charge is 2.33. The molecule has 0 amide bonds. The Morgan fingerprint density at radius 1 is 1.38 bits per heavy atom. The van der Waals surface area contributed by atoms with E-state index in [2.05, 4.69) is 25.9 Å².